The number of phenols is 2. The van der Waals surface area contributed by atoms with E-state index in [4.69, 9.17) is 9.47 Å². The molecule has 0 fully saturated rings. The Kier molecular flexibility index (Phi) is 13.3. The largest absolute Gasteiger partial charge is 0.507 e. The van der Waals surface area contributed by atoms with Crippen molar-refractivity contribution in [1.82, 2.24) is 0 Å². The molecule has 0 aliphatic rings. The average molecular weight is 721 g/mol. The first kappa shape index (κ1) is 39.7. The van der Waals surface area contributed by atoms with Crippen LogP contribution in [0, 0.1) is 13.8 Å². The summed E-state index contributed by atoms with van der Waals surface area (Å²) in [5, 5.41) is 23.6. The van der Waals surface area contributed by atoms with Crippen LogP contribution in [0.2, 0.25) is 0 Å². The predicted molar refractivity (Wildman–Crippen MR) is 227 cm³/mol. The van der Waals surface area contributed by atoms with Crippen LogP contribution >= 0.6 is 0 Å². The van der Waals surface area contributed by atoms with Crippen molar-refractivity contribution < 1.29 is 19.7 Å². The zero-order valence-corrected chi connectivity index (χ0v) is 32.1. The Morgan fingerprint density at radius 1 is 0.426 bits per heavy atom. The molecular weight excluding hydrogens is 665 g/mol. The molecule has 0 bridgehead atoms. The maximum atomic E-state index is 11.8. The van der Waals surface area contributed by atoms with Crippen LogP contribution < -0.4 is 9.47 Å². The number of rotatable bonds is 14. The average Bonchev–Trinajstić information content (AvgIpc) is 3.19. The molecule has 4 nitrogen and oxygen atoms in total. The van der Waals surface area contributed by atoms with Crippen LogP contribution in [0.15, 0.2) is 109 Å². The summed E-state index contributed by atoms with van der Waals surface area (Å²) in [5.41, 5.74) is 14.3. The van der Waals surface area contributed by atoms with Gasteiger partial charge in [0.2, 0.25) is 0 Å². The Labute approximate surface area is 323 Å². The maximum absolute atomic E-state index is 11.8. The molecule has 0 spiro atoms. The van der Waals surface area contributed by atoms with Crippen molar-refractivity contribution in [1.29, 1.82) is 0 Å². The molecule has 0 atom stereocenters. The van der Waals surface area contributed by atoms with Gasteiger partial charge in [0.05, 0.1) is 13.2 Å². The third kappa shape index (κ3) is 8.19. The first-order chi connectivity index (χ1) is 25.8. The van der Waals surface area contributed by atoms with Gasteiger partial charge in [-0.25, -0.2) is 0 Å². The van der Waals surface area contributed by atoms with Crippen molar-refractivity contribution in [2.75, 3.05) is 13.2 Å². The van der Waals surface area contributed by atoms with Crippen LogP contribution in [0.5, 0.6) is 23.0 Å². The van der Waals surface area contributed by atoms with Crippen molar-refractivity contribution in [3.8, 4) is 67.5 Å². The first-order valence-electron chi connectivity index (χ1n) is 19.1. The number of hydrogen-bond donors (Lipinski definition) is 2. The number of ether oxygens (including phenoxy) is 2. The molecule has 0 saturated heterocycles. The molecular formula is C50H56O4. The third-order valence-corrected chi connectivity index (χ3v) is 10.2. The van der Waals surface area contributed by atoms with Gasteiger partial charge in [0, 0.05) is 39.8 Å². The van der Waals surface area contributed by atoms with Gasteiger partial charge in [-0.3, -0.25) is 0 Å². The van der Waals surface area contributed by atoms with E-state index < -0.39 is 0 Å². The Bertz CT molecular complexity index is 2010. The van der Waals surface area contributed by atoms with Gasteiger partial charge in [0.1, 0.15) is 23.0 Å². The van der Waals surface area contributed by atoms with E-state index in [1.54, 1.807) is 0 Å². The van der Waals surface area contributed by atoms with Gasteiger partial charge in [-0.15, -0.1) is 0 Å². The highest BCUT2D eigenvalue weighted by Crippen LogP contribution is 2.46. The summed E-state index contributed by atoms with van der Waals surface area (Å²) in [7, 11) is 0. The SMILES string of the molecule is C.CCc1cccc(CC)c1-c1cc(C)cc(-c2ccccc2OCCCOc2ccccc2-c2cc(C)cc(-c3c(CC)cccc3CC)c2O)c1O. The molecule has 0 aliphatic heterocycles. The molecule has 0 heterocycles. The van der Waals surface area contributed by atoms with E-state index in [0.717, 1.165) is 92.8 Å². The van der Waals surface area contributed by atoms with Gasteiger partial charge in [-0.05, 0) is 120 Å². The minimum Gasteiger partial charge on any atom is -0.507 e. The molecule has 0 amide bonds. The molecule has 0 saturated carbocycles. The monoisotopic (exact) mass is 720 g/mol. The second kappa shape index (κ2) is 18.0. The van der Waals surface area contributed by atoms with E-state index in [0.29, 0.717) is 19.6 Å². The van der Waals surface area contributed by atoms with Gasteiger partial charge >= 0.3 is 0 Å². The number of benzene rings is 6. The summed E-state index contributed by atoms with van der Waals surface area (Å²) in [4.78, 5) is 0. The minimum atomic E-state index is 0. The lowest BCUT2D eigenvalue weighted by atomic mass is 9.88. The first-order valence-corrected chi connectivity index (χ1v) is 19.1. The van der Waals surface area contributed by atoms with Crippen molar-refractivity contribution >= 4 is 0 Å². The standard InChI is InChI=1S/C49H52O4.CH4/c1-7-34-18-15-19-35(8-2)46(34)42-30-32(5)28-40(48(42)50)38-22-11-13-24-44(38)52-26-17-27-53-45-25-14-12-23-39(45)41-29-33(6)31-43(49(41)51)47-36(9-3)20-16-21-37(47)10-4;/h11-16,18-25,28-31,50-51H,7-10,17,26-27H2,1-6H3;1H4. The molecule has 6 rings (SSSR count). The number of hydrogen-bond acceptors (Lipinski definition) is 4. The molecule has 54 heavy (non-hydrogen) atoms. The second-order valence-electron chi connectivity index (χ2n) is 13.8. The Morgan fingerprint density at radius 2 is 0.759 bits per heavy atom. The smallest absolute Gasteiger partial charge is 0.131 e. The van der Waals surface area contributed by atoms with Gasteiger partial charge in [-0.2, -0.15) is 0 Å². The number of phenolic OH excluding ortho intramolecular Hbond substituents is 2. The van der Waals surface area contributed by atoms with E-state index in [1.807, 2.05) is 60.7 Å². The molecule has 2 N–H and O–H groups in total. The Balaban J connectivity index is 0.00000561. The molecule has 4 heteroatoms. The fourth-order valence-electron chi connectivity index (χ4n) is 7.58. The summed E-state index contributed by atoms with van der Waals surface area (Å²) in [6.45, 7) is 13.7. The summed E-state index contributed by atoms with van der Waals surface area (Å²) >= 11 is 0. The summed E-state index contributed by atoms with van der Waals surface area (Å²) in [6.07, 6.45) is 4.20. The molecule has 0 aliphatic carbocycles. The highest BCUT2D eigenvalue weighted by Gasteiger charge is 2.21. The topological polar surface area (TPSA) is 58.9 Å². The highest BCUT2D eigenvalue weighted by atomic mass is 16.5. The predicted octanol–water partition coefficient (Wildman–Crippen LogP) is 13.1. The van der Waals surface area contributed by atoms with Crippen LogP contribution in [-0.2, 0) is 25.7 Å². The quantitative estimate of drug-likeness (QED) is 0.110. The maximum Gasteiger partial charge on any atom is 0.131 e. The van der Waals surface area contributed by atoms with Crippen LogP contribution in [0.3, 0.4) is 0 Å². The van der Waals surface area contributed by atoms with Crippen LogP contribution in [0.25, 0.3) is 44.5 Å². The van der Waals surface area contributed by atoms with Crippen molar-refractivity contribution in [3.05, 3.63) is 143 Å². The molecule has 0 unspecified atom stereocenters. The molecule has 280 valence electrons. The van der Waals surface area contributed by atoms with Gasteiger partial charge in [-0.1, -0.05) is 108 Å². The van der Waals surface area contributed by atoms with E-state index in [-0.39, 0.29) is 18.9 Å². The van der Waals surface area contributed by atoms with E-state index >= 15 is 0 Å². The van der Waals surface area contributed by atoms with Crippen molar-refractivity contribution in [3.63, 3.8) is 0 Å². The van der Waals surface area contributed by atoms with Gasteiger partial charge in [0.15, 0.2) is 0 Å². The van der Waals surface area contributed by atoms with Gasteiger partial charge < -0.3 is 19.7 Å². The Hall–Kier alpha value is -5.48. The normalized spacial score (nSPS) is 10.9. The lowest BCUT2D eigenvalue weighted by Crippen LogP contribution is -2.06. The zero-order chi connectivity index (χ0) is 37.5. The summed E-state index contributed by atoms with van der Waals surface area (Å²) in [5.74, 6) is 1.98. The van der Waals surface area contributed by atoms with Crippen LogP contribution in [0.4, 0.5) is 0 Å². The lowest BCUT2D eigenvalue weighted by molar-refractivity contribution is 0.248. The number of aryl methyl sites for hydroxylation is 6. The fourth-order valence-corrected chi connectivity index (χ4v) is 7.58. The molecule has 6 aromatic rings. The van der Waals surface area contributed by atoms with Crippen LogP contribution in [-0.4, -0.2) is 23.4 Å². The van der Waals surface area contributed by atoms with E-state index in [9.17, 15) is 10.2 Å². The van der Waals surface area contributed by atoms with Crippen molar-refractivity contribution in [2.24, 2.45) is 0 Å². The third-order valence-electron chi connectivity index (χ3n) is 10.2. The zero-order valence-electron chi connectivity index (χ0n) is 32.1. The van der Waals surface area contributed by atoms with Gasteiger partial charge in [0.25, 0.3) is 0 Å². The molecule has 0 radical (unpaired) electrons. The van der Waals surface area contributed by atoms with Crippen LogP contribution in [0.1, 0.15) is 74.9 Å². The Morgan fingerprint density at radius 3 is 1.11 bits per heavy atom. The second-order valence-corrected chi connectivity index (χ2v) is 13.8. The molecule has 0 aromatic heterocycles. The van der Waals surface area contributed by atoms with E-state index in [2.05, 4.69) is 90.1 Å². The summed E-state index contributed by atoms with van der Waals surface area (Å²) in [6, 6.07) is 36.9. The lowest BCUT2D eigenvalue weighted by Gasteiger charge is -2.19. The van der Waals surface area contributed by atoms with E-state index in [1.165, 1.54) is 22.3 Å². The number of para-hydroxylation sites is 2. The van der Waals surface area contributed by atoms with Crippen molar-refractivity contribution in [2.45, 2.75) is 81.1 Å². The minimum absolute atomic E-state index is 0. The fraction of sp³-hybridized carbons (Fsp3) is 0.280. The summed E-state index contributed by atoms with van der Waals surface area (Å²) < 4.78 is 12.8. The molecule has 6 aromatic carbocycles. The highest BCUT2D eigenvalue weighted by molar-refractivity contribution is 5.88. The number of aromatic hydroxyl groups is 2.